The van der Waals surface area contributed by atoms with Gasteiger partial charge in [0.05, 0.1) is 5.75 Å². The van der Waals surface area contributed by atoms with Gasteiger partial charge in [-0.3, -0.25) is 14.7 Å². The largest absolute Gasteiger partial charge is 0.366 e. The van der Waals surface area contributed by atoms with Crippen LogP contribution in [0.5, 0.6) is 0 Å². The highest BCUT2D eigenvalue weighted by atomic mass is 32.2. The molecule has 2 amide bonds. The third-order valence-corrected chi connectivity index (χ3v) is 3.06. The molecule has 1 aromatic heterocycles. The average Bonchev–Trinajstić information content (AvgIpc) is 2.90. The van der Waals surface area contributed by atoms with E-state index >= 15 is 0 Å². The number of aromatic amines is 1. The molecule has 2 aromatic rings. The van der Waals surface area contributed by atoms with Gasteiger partial charge >= 0.3 is 0 Å². The van der Waals surface area contributed by atoms with E-state index in [4.69, 9.17) is 5.73 Å². The van der Waals surface area contributed by atoms with Crippen LogP contribution in [0.4, 0.5) is 5.69 Å². The lowest BCUT2D eigenvalue weighted by atomic mass is 10.2. The van der Waals surface area contributed by atoms with Crippen LogP contribution >= 0.6 is 11.8 Å². The van der Waals surface area contributed by atoms with Crippen molar-refractivity contribution in [2.45, 2.75) is 5.16 Å². The van der Waals surface area contributed by atoms with Crippen molar-refractivity contribution in [1.29, 1.82) is 0 Å². The van der Waals surface area contributed by atoms with Crippen LogP contribution in [0.25, 0.3) is 0 Å². The molecule has 0 atom stereocenters. The monoisotopic (exact) mass is 277 g/mol. The van der Waals surface area contributed by atoms with Gasteiger partial charge in [0.1, 0.15) is 6.33 Å². The molecule has 0 spiro atoms. The number of primary amides is 1. The van der Waals surface area contributed by atoms with Gasteiger partial charge in [-0.15, -0.1) is 0 Å². The van der Waals surface area contributed by atoms with Crippen molar-refractivity contribution in [2.24, 2.45) is 5.73 Å². The first kappa shape index (κ1) is 13.1. The average molecular weight is 277 g/mol. The minimum atomic E-state index is -0.501. The molecule has 98 valence electrons. The number of hydrogen-bond acceptors (Lipinski definition) is 5. The standard InChI is InChI=1S/C11H11N5O2S/c12-10(18)7-1-3-8(4-2-7)15-9(17)5-19-11-13-6-14-16-11/h1-4,6H,5H2,(H2,12,18)(H,15,17)(H,13,14,16). The Balaban J connectivity index is 1.86. The highest BCUT2D eigenvalue weighted by Gasteiger charge is 2.06. The number of thioether (sulfide) groups is 1. The SMILES string of the molecule is NC(=O)c1ccc(NC(=O)CSc2ncn[nH]2)cc1. The number of aromatic nitrogens is 3. The van der Waals surface area contributed by atoms with Crippen LogP contribution in [0, 0.1) is 0 Å². The molecule has 0 bridgehead atoms. The Hall–Kier alpha value is -2.35. The second-order valence-corrected chi connectivity index (χ2v) is 4.53. The van der Waals surface area contributed by atoms with Gasteiger partial charge in [0, 0.05) is 11.3 Å². The molecule has 0 saturated heterocycles. The molecule has 1 aromatic carbocycles. The number of carbonyl (C=O) groups is 2. The zero-order chi connectivity index (χ0) is 13.7. The number of anilines is 1. The first-order valence-electron chi connectivity index (χ1n) is 5.33. The summed E-state index contributed by atoms with van der Waals surface area (Å²) in [6, 6.07) is 6.36. The van der Waals surface area contributed by atoms with Crippen LogP contribution in [-0.2, 0) is 4.79 Å². The second-order valence-electron chi connectivity index (χ2n) is 3.57. The van der Waals surface area contributed by atoms with Crippen LogP contribution < -0.4 is 11.1 Å². The number of hydrogen-bond donors (Lipinski definition) is 3. The Bertz CT molecular complexity index is 567. The number of H-pyrrole nitrogens is 1. The summed E-state index contributed by atoms with van der Waals surface area (Å²) in [4.78, 5) is 26.4. The van der Waals surface area contributed by atoms with E-state index in [0.717, 1.165) is 0 Å². The second kappa shape index (κ2) is 6.01. The van der Waals surface area contributed by atoms with Crippen LogP contribution in [0.2, 0.25) is 0 Å². The molecule has 0 aliphatic carbocycles. The van der Waals surface area contributed by atoms with Crippen LogP contribution in [0.3, 0.4) is 0 Å². The van der Waals surface area contributed by atoms with E-state index in [1.165, 1.54) is 18.1 Å². The van der Waals surface area contributed by atoms with E-state index in [0.29, 0.717) is 16.4 Å². The molecule has 0 fully saturated rings. The number of carbonyl (C=O) groups excluding carboxylic acids is 2. The van der Waals surface area contributed by atoms with Gasteiger partial charge in [-0.05, 0) is 24.3 Å². The van der Waals surface area contributed by atoms with E-state index in [1.54, 1.807) is 24.3 Å². The third kappa shape index (κ3) is 3.81. The highest BCUT2D eigenvalue weighted by Crippen LogP contribution is 2.13. The van der Waals surface area contributed by atoms with Gasteiger partial charge in [-0.2, -0.15) is 5.10 Å². The molecule has 0 aliphatic rings. The van der Waals surface area contributed by atoms with Crippen molar-refractivity contribution in [2.75, 3.05) is 11.1 Å². The topological polar surface area (TPSA) is 114 Å². The fourth-order valence-electron chi connectivity index (χ4n) is 1.31. The Morgan fingerprint density at radius 2 is 2.05 bits per heavy atom. The van der Waals surface area contributed by atoms with Crippen LogP contribution in [-0.4, -0.2) is 32.7 Å². The molecular formula is C11H11N5O2S. The lowest BCUT2D eigenvalue weighted by Gasteiger charge is -2.04. The minimum absolute atomic E-state index is 0.173. The van der Waals surface area contributed by atoms with Crippen molar-refractivity contribution >= 4 is 29.3 Å². The summed E-state index contributed by atoms with van der Waals surface area (Å²) in [7, 11) is 0. The zero-order valence-electron chi connectivity index (χ0n) is 9.79. The molecule has 0 radical (unpaired) electrons. The van der Waals surface area contributed by atoms with Gasteiger partial charge < -0.3 is 11.1 Å². The van der Waals surface area contributed by atoms with Gasteiger partial charge in [0.15, 0.2) is 5.16 Å². The summed E-state index contributed by atoms with van der Waals surface area (Å²) in [5.41, 5.74) is 6.12. The third-order valence-electron chi connectivity index (χ3n) is 2.19. The lowest BCUT2D eigenvalue weighted by molar-refractivity contribution is -0.113. The fourth-order valence-corrected chi connectivity index (χ4v) is 1.89. The summed E-state index contributed by atoms with van der Waals surface area (Å²) >= 11 is 1.25. The van der Waals surface area contributed by atoms with Crippen LogP contribution in [0.1, 0.15) is 10.4 Å². The molecule has 1 heterocycles. The Labute approximate surface area is 113 Å². The van der Waals surface area contributed by atoms with E-state index in [9.17, 15) is 9.59 Å². The predicted molar refractivity (Wildman–Crippen MR) is 70.7 cm³/mol. The van der Waals surface area contributed by atoms with E-state index in [-0.39, 0.29) is 11.7 Å². The Kier molecular flexibility index (Phi) is 4.14. The normalized spacial score (nSPS) is 10.1. The summed E-state index contributed by atoms with van der Waals surface area (Å²) in [5.74, 6) is -0.459. The number of benzene rings is 1. The Morgan fingerprint density at radius 3 is 2.63 bits per heavy atom. The molecule has 0 aliphatic heterocycles. The van der Waals surface area contributed by atoms with Crippen molar-refractivity contribution in [3.63, 3.8) is 0 Å². The molecule has 4 N–H and O–H groups in total. The minimum Gasteiger partial charge on any atom is -0.366 e. The lowest BCUT2D eigenvalue weighted by Crippen LogP contribution is -2.15. The summed E-state index contributed by atoms with van der Waals surface area (Å²) in [6.45, 7) is 0. The molecule has 0 unspecified atom stereocenters. The molecule has 0 saturated carbocycles. The fraction of sp³-hybridized carbons (Fsp3) is 0.0909. The smallest absolute Gasteiger partial charge is 0.248 e. The predicted octanol–water partition coefficient (Wildman–Crippen LogP) is 0.634. The van der Waals surface area contributed by atoms with Gasteiger partial charge in [-0.25, -0.2) is 4.98 Å². The number of amides is 2. The molecular weight excluding hydrogens is 266 g/mol. The van der Waals surface area contributed by atoms with Gasteiger partial charge in [0.25, 0.3) is 0 Å². The molecule has 7 nitrogen and oxygen atoms in total. The Morgan fingerprint density at radius 1 is 1.32 bits per heavy atom. The maximum atomic E-state index is 11.6. The molecule has 2 rings (SSSR count). The first-order valence-corrected chi connectivity index (χ1v) is 6.31. The maximum Gasteiger partial charge on any atom is 0.248 e. The summed E-state index contributed by atoms with van der Waals surface area (Å²) in [5, 5.41) is 9.60. The number of nitrogens with zero attached hydrogens (tertiary/aromatic N) is 2. The van der Waals surface area contributed by atoms with E-state index in [2.05, 4.69) is 20.5 Å². The van der Waals surface area contributed by atoms with Crippen molar-refractivity contribution < 1.29 is 9.59 Å². The van der Waals surface area contributed by atoms with Crippen molar-refractivity contribution in [3.8, 4) is 0 Å². The van der Waals surface area contributed by atoms with Crippen molar-refractivity contribution in [1.82, 2.24) is 15.2 Å². The number of nitrogens with one attached hydrogen (secondary N) is 2. The maximum absolute atomic E-state index is 11.6. The van der Waals surface area contributed by atoms with Crippen molar-refractivity contribution in [3.05, 3.63) is 36.2 Å². The first-order chi connectivity index (χ1) is 9.15. The number of rotatable bonds is 5. The van der Waals surface area contributed by atoms with Crippen LogP contribution in [0.15, 0.2) is 35.7 Å². The van der Waals surface area contributed by atoms with Gasteiger partial charge in [-0.1, -0.05) is 11.8 Å². The van der Waals surface area contributed by atoms with E-state index in [1.807, 2.05) is 0 Å². The quantitative estimate of drug-likeness (QED) is 0.694. The summed E-state index contributed by atoms with van der Waals surface area (Å²) < 4.78 is 0. The molecule has 19 heavy (non-hydrogen) atoms. The summed E-state index contributed by atoms with van der Waals surface area (Å²) in [6.07, 6.45) is 1.38. The highest BCUT2D eigenvalue weighted by molar-refractivity contribution is 7.99. The van der Waals surface area contributed by atoms with E-state index < -0.39 is 5.91 Å². The molecule has 8 heteroatoms. The van der Waals surface area contributed by atoms with Gasteiger partial charge in [0.2, 0.25) is 11.8 Å². The zero-order valence-corrected chi connectivity index (χ0v) is 10.6. The number of nitrogens with two attached hydrogens (primary N) is 1.